The summed E-state index contributed by atoms with van der Waals surface area (Å²) < 4.78 is 19.0. The topological polar surface area (TPSA) is 135 Å². The molecule has 1 aromatic heterocycles. The number of carbonyl (C=O) groups is 2. The Morgan fingerprint density at radius 2 is 1.59 bits per heavy atom. The average molecular weight is 686 g/mol. The Kier molecular flexibility index (Phi) is 10.8. The number of nitrogens with zero attached hydrogens (tertiary/aromatic N) is 2. The van der Waals surface area contributed by atoms with E-state index in [1.165, 1.54) is 7.11 Å². The molecule has 0 aliphatic carbocycles. The minimum Gasteiger partial charge on any atom is -0.490 e. The van der Waals surface area contributed by atoms with Crippen molar-refractivity contribution in [3.63, 3.8) is 0 Å². The van der Waals surface area contributed by atoms with Gasteiger partial charge in [-0.1, -0.05) is 84.9 Å². The number of para-hydroxylation sites is 1. The third kappa shape index (κ3) is 7.79. The monoisotopic (exact) mass is 685 g/mol. The molecule has 0 spiro atoms. The Bertz CT molecular complexity index is 2040. The summed E-state index contributed by atoms with van der Waals surface area (Å²) in [5.74, 6) is 0.176. The van der Waals surface area contributed by atoms with Crippen LogP contribution < -0.4 is 25.5 Å². The number of allylic oxidation sites excluding steroid dienone is 1. The van der Waals surface area contributed by atoms with Crippen molar-refractivity contribution in [3.05, 3.63) is 138 Å². The molecule has 51 heavy (non-hydrogen) atoms. The highest BCUT2D eigenvalue weighted by atomic mass is 16.5. The van der Waals surface area contributed by atoms with Crippen LogP contribution in [0.3, 0.4) is 0 Å². The first-order chi connectivity index (χ1) is 24.9. The van der Waals surface area contributed by atoms with E-state index in [1.54, 1.807) is 31.3 Å². The summed E-state index contributed by atoms with van der Waals surface area (Å²) in [4.78, 5) is 24.8. The number of aromatic nitrogens is 1. The van der Waals surface area contributed by atoms with Crippen LogP contribution in [0.15, 0.2) is 132 Å². The first-order valence-corrected chi connectivity index (χ1v) is 16.5. The standard InChI is InChI=1S/C40H39N5O6/c1-4-50-34-23-29(37-36(39(47)49-3)26(2)42-40(48)43-37)20-21-33(34)51-25-35(46)44-41-24-30-22-32(27-14-8-5-9-15-27)45(31-18-12-7-13-19-31)38(30)28-16-10-6-11-17-28/h5-24,35,37,44,46H,4,25H2,1-3H3,(H2,42,43,48)/b41-24+/t35-,37+/m0/s1. The first kappa shape index (κ1) is 34.5. The quantitative estimate of drug-likeness (QED) is 0.0492. The fourth-order valence-electron chi connectivity index (χ4n) is 6.00. The maximum atomic E-state index is 12.6. The highest BCUT2D eigenvalue weighted by Crippen LogP contribution is 2.36. The lowest BCUT2D eigenvalue weighted by Crippen LogP contribution is -2.45. The number of ether oxygens (including phenoxy) is 3. The van der Waals surface area contributed by atoms with Gasteiger partial charge in [0, 0.05) is 16.9 Å². The fourth-order valence-corrected chi connectivity index (χ4v) is 6.00. The number of aliphatic hydroxyl groups is 1. The summed E-state index contributed by atoms with van der Waals surface area (Å²) in [5.41, 5.74) is 9.88. The molecule has 11 heteroatoms. The zero-order valence-electron chi connectivity index (χ0n) is 28.5. The van der Waals surface area contributed by atoms with Crippen LogP contribution in [0, 0.1) is 0 Å². The van der Waals surface area contributed by atoms with E-state index in [1.807, 2.05) is 61.5 Å². The second-order valence-corrected chi connectivity index (χ2v) is 11.7. The van der Waals surface area contributed by atoms with Gasteiger partial charge in [0.15, 0.2) is 17.7 Å². The maximum Gasteiger partial charge on any atom is 0.337 e. The molecule has 4 aromatic carbocycles. The molecule has 6 rings (SSSR count). The number of hydrazone groups is 1. The predicted octanol–water partition coefficient (Wildman–Crippen LogP) is 6.33. The van der Waals surface area contributed by atoms with Crippen molar-refractivity contribution in [3.8, 4) is 39.7 Å². The van der Waals surface area contributed by atoms with Gasteiger partial charge in [-0.3, -0.25) is 5.43 Å². The molecule has 0 saturated heterocycles. The molecule has 1 aliphatic heterocycles. The first-order valence-electron chi connectivity index (χ1n) is 16.5. The third-order valence-electron chi connectivity index (χ3n) is 8.26. The molecule has 2 amide bonds. The summed E-state index contributed by atoms with van der Waals surface area (Å²) in [6.07, 6.45) is 0.528. The van der Waals surface area contributed by atoms with E-state index >= 15 is 0 Å². The molecule has 260 valence electrons. The van der Waals surface area contributed by atoms with Gasteiger partial charge in [0.05, 0.1) is 42.9 Å². The molecule has 4 N–H and O–H groups in total. The summed E-state index contributed by atoms with van der Waals surface area (Å²) in [6.45, 7) is 3.65. The molecule has 0 radical (unpaired) electrons. The molecule has 11 nitrogen and oxygen atoms in total. The molecule has 2 atom stereocenters. The van der Waals surface area contributed by atoms with Gasteiger partial charge in [-0.05, 0) is 60.9 Å². The zero-order chi connectivity index (χ0) is 35.7. The molecular formula is C40H39N5O6. The Balaban J connectivity index is 1.23. The predicted molar refractivity (Wildman–Crippen MR) is 196 cm³/mol. The average Bonchev–Trinajstić information content (AvgIpc) is 3.54. The Labute approximate surface area is 296 Å². The van der Waals surface area contributed by atoms with E-state index in [0.29, 0.717) is 29.4 Å². The number of urea groups is 1. The van der Waals surface area contributed by atoms with Gasteiger partial charge in [0.25, 0.3) is 0 Å². The fraction of sp³-hybridized carbons (Fsp3) is 0.175. The number of hydrogen-bond donors (Lipinski definition) is 4. The Hall–Kier alpha value is -6.33. The lowest BCUT2D eigenvalue weighted by Gasteiger charge is -2.28. The van der Waals surface area contributed by atoms with Crippen molar-refractivity contribution in [1.29, 1.82) is 0 Å². The van der Waals surface area contributed by atoms with E-state index in [2.05, 4.69) is 68.2 Å². The second-order valence-electron chi connectivity index (χ2n) is 11.7. The van der Waals surface area contributed by atoms with E-state index in [-0.39, 0.29) is 12.2 Å². The van der Waals surface area contributed by atoms with Crippen molar-refractivity contribution in [2.75, 3.05) is 20.3 Å². The van der Waals surface area contributed by atoms with E-state index in [4.69, 9.17) is 14.2 Å². The van der Waals surface area contributed by atoms with Crippen LogP contribution in [0.2, 0.25) is 0 Å². The second kappa shape index (κ2) is 15.9. The number of amides is 2. The van der Waals surface area contributed by atoms with Crippen LogP contribution in [0.1, 0.15) is 31.0 Å². The van der Waals surface area contributed by atoms with Crippen LogP contribution in [0.5, 0.6) is 11.5 Å². The minimum atomic E-state index is -1.17. The lowest BCUT2D eigenvalue weighted by molar-refractivity contribution is -0.136. The van der Waals surface area contributed by atoms with Gasteiger partial charge in [-0.25, -0.2) is 9.59 Å². The molecule has 0 fully saturated rings. The smallest absolute Gasteiger partial charge is 0.337 e. The maximum absolute atomic E-state index is 12.6. The number of carbonyl (C=O) groups excluding carboxylic acids is 2. The largest absolute Gasteiger partial charge is 0.490 e. The number of nitrogens with one attached hydrogen (secondary N) is 3. The molecule has 5 aromatic rings. The molecule has 0 bridgehead atoms. The molecule has 0 saturated carbocycles. The number of hydrogen-bond acceptors (Lipinski definition) is 8. The van der Waals surface area contributed by atoms with E-state index in [0.717, 1.165) is 33.8 Å². The number of rotatable bonds is 13. The van der Waals surface area contributed by atoms with Crippen molar-refractivity contribution < 1.29 is 28.9 Å². The van der Waals surface area contributed by atoms with Crippen molar-refractivity contribution in [2.45, 2.75) is 26.1 Å². The van der Waals surface area contributed by atoms with Crippen LogP contribution in [0.4, 0.5) is 4.79 Å². The molecule has 0 unspecified atom stereocenters. The van der Waals surface area contributed by atoms with Crippen LogP contribution in [0.25, 0.3) is 28.2 Å². The zero-order valence-corrected chi connectivity index (χ0v) is 28.5. The third-order valence-corrected chi connectivity index (χ3v) is 8.26. The van der Waals surface area contributed by atoms with Gasteiger partial charge in [-0.2, -0.15) is 5.10 Å². The number of esters is 1. The van der Waals surface area contributed by atoms with E-state index < -0.39 is 24.3 Å². The normalized spacial score (nSPS) is 14.8. The minimum absolute atomic E-state index is 0.154. The van der Waals surface area contributed by atoms with Gasteiger partial charge in [0.2, 0.25) is 0 Å². The highest BCUT2D eigenvalue weighted by molar-refractivity contribution is 5.95. The van der Waals surface area contributed by atoms with Crippen LogP contribution in [-0.4, -0.2) is 54.4 Å². The summed E-state index contributed by atoms with van der Waals surface area (Å²) >= 11 is 0. The number of methoxy groups -OCH3 is 1. The van der Waals surface area contributed by atoms with Gasteiger partial charge in [-0.15, -0.1) is 0 Å². The van der Waals surface area contributed by atoms with Crippen molar-refractivity contribution in [1.82, 2.24) is 20.6 Å². The summed E-state index contributed by atoms with van der Waals surface area (Å²) in [7, 11) is 1.28. The Morgan fingerprint density at radius 3 is 2.25 bits per heavy atom. The summed E-state index contributed by atoms with van der Waals surface area (Å²) in [6, 6.07) is 36.4. The van der Waals surface area contributed by atoms with Crippen molar-refractivity contribution in [2.24, 2.45) is 5.10 Å². The number of benzene rings is 4. The SMILES string of the molecule is CCOc1cc([C@H]2NC(=O)NC(C)=C2C(=O)OC)ccc1OC[C@H](O)N/N=C/c1cc(-c2ccccc2)n(-c2ccccc2)c1-c1ccccc1. The number of aliphatic hydroxyl groups excluding tert-OH is 1. The molecule has 2 heterocycles. The van der Waals surface area contributed by atoms with Gasteiger partial charge < -0.3 is 34.5 Å². The van der Waals surface area contributed by atoms with Crippen molar-refractivity contribution >= 4 is 18.2 Å². The van der Waals surface area contributed by atoms with Crippen LogP contribution >= 0.6 is 0 Å². The van der Waals surface area contributed by atoms with E-state index in [9.17, 15) is 14.7 Å². The molecule has 1 aliphatic rings. The van der Waals surface area contributed by atoms with Gasteiger partial charge in [0.1, 0.15) is 6.61 Å². The lowest BCUT2D eigenvalue weighted by atomic mass is 9.95. The molecular weight excluding hydrogens is 646 g/mol. The Morgan fingerprint density at radius 1 is 0.922 bits per heavy atom. The van der Waals surface area contributed by atoms with Crippen LogP contribution in [-0.2, 0) is 9.53 Å². The summed E-state index contributed by atoms with van der Waals surface area (Å²) in [5, 5.41) is 20.6. The van der Waals surface area contributed by atoms with Gasteiger partial charge >= 0.3 is 12.0 Å². The highest BCUT2D eigenvalue weighted by Gasteiger charge is 2.32.